The van der Waals surface area contributed by atoms with E-state index in [-0.39, 0.29) is 0 Å². The molecule has 10 aromatic rings. The zero-order valence-electron chi connectivity index (χ0n) is 26.6. The van der Waals surface area contributed by atoms with Gasteiger partial charge in [-0.05, 0) is 40.6 Å². The summed E-state index contributed by atoms with van der Waals surface area (Å²) in [6.07, 6.45) is 0. The van der Waals surface area contributed by atoms with Crippen molar-refractivity contribution >= 4 is 53.4 Å². The number of hydrogen-bond donors (Lipinski definition) is 0. The van der Waals surface area contributed by atoms with Crippen LogP contribution in [0.3, 0.4) is 0 Å². The van der Waals surface area contributed by atoms with Crippen LogP contribution in [0.25, 0.3) is 98.8 Å². The molecule has 10 rings (SSSR count). The Labute approximate surface area is 291 Å². The Morgan fingerprint density at radius 3 is 1.64 bits per heavy atom. The summed E-state index contributed by atoms with van der Waals surface area (Å²) >= 11 is 1.80. The van der Waals surface area contributed by atoms with E-state index in [1.807, 2.05) is 91.0 Å². The molecule has 0 aliphatic heterocycles. The van der Waals surface area contributed by atoms with Crippen molar-refractivity contribution in [2.24, 2.45) is 0 Å². The average Bonchev–Trinajstić information content (AvgIpc) is 3.80. The second-order valence-electron chi connectivity index (χ2n) is 12.2. The van der Waals surface area contributed by atoms with Crippen LogP contribution in [0.5, 0.6) is 0 Å². The Hall–Kier alpha value is -6.50. The lowest BCUT2D eigenvalue weighted by molar-refractivity contribution is 0.620. The van der Waals surface area contributed by atoms with Gasteiger partial charge in [-0.3, -0.25) is 0 Å². The van der Waals surface area contributed by atoms with Crippen LogP contribution in [-0.4, -0.2) is 19.9 Å². The van der Waals surface area contributed by atoms with Gasteiger partial charge in [0.15, 0.2) is 23.1 Å². The molecule has 0 unspecified atom stereocenters. The fraction of sp³-hybridized carbons (Fsp3) is 0. The number of benzene rings is 7. The summed E-state index contributed by atoms with van der Waals surface area (Å²) in [6, 6.07) is 53.9. The van der Waals surface area contributed by atoms with Crippen molar-refractivity contribution in [3.8, 4) is 56.7 Å². The van der Waals surface area contributed by atoms with Crippen molar-refractivity contribution in [2.75, 3.05) is 0 Å². The van der Waals surface area contributed by atoms with Crippen molar-refractivity contribution in [3.05, 3.63) is 158 Å². The first-order valence-electron chi connectivity index (χ1n) is 16.5. The van der Waals surface area contributed by atoms with E-state index in [4.69, 9.17) is 24.4 Å². The van der Waals surface area contributed by atoms with Gasteiger partial charge in [-0.25, -0.2) is 19.9 Å². The molecule has 0 bridgehead atoms. The molecule has 234 valence electrons. The van der Waals surface area contributed by atoms with Gasteiger partial charge in [0.2, 0.25) is 5.89 Å². The molecule has 0 N–H and O–H groups in total. The molecule has 3 aromatic heterocycles. The highest BCUT2D eigenvalue weighted by molar-refractivity contribution is 7.26. The van der Waals surface area contributed by atoms with Crippen LogP contribution >= 0.6 is 11.3 Å². The van der Waals surface area contributed by atoms with Gasteiger partial charge in [0.05, 0.1) is 0 Å². The fourth-order valence-corrected chi connectivity index (χ4v) is 8.08. The van der Waals surface area contributed by atoms with E-state index < -0.39 is 0 Å². The lowest BCUT2D eigenvalue weighted by Gasteiger charge is -2.13. The van der Waals surface area contributed by atoms with Crippen LogP contribution < -0.4 is 0 Å². The Balaban J connectivity index is 1.22. The maximum absolute atomic E-state index is 6.52. The van der Waals surface area contributed by atoms with Gasteiger partial charge in [-0.1, -0.05) is 133 Å². The molecule has 0 atom stereocenters. The van der Waals surface area contributed by atoms with E-state index in [1.54, 1.807) is 11.3 Å². The van der Waals surface area contributed by atoms with Crippen LogP contribution in [0, 0.1) is 0 Å². The van der Waals surface area contributed by atoms with Crippen molar-refractivity contribution < 1.29 is 4.42 Å². The molecule has 50 heavy (non-hydrogen) atoms. The molecule has 0 radical (unpaired) electrons. The summed E-state index contributed by atoms with van der Waals surface area (Å²) in [5.41, 5.74) is 7.65. The summed E-state index contributed by atoms with van der Waals surface area (Å²) < 4.78 is 8.92. The van der Waals surface area contributed by atoms with Gasteiger partial charge in [0.1, 0.15) is 5.52 Å². The second-order valence-corrected chi connectivity index (χ2v) is 13.3. The standard InChI is InChI=1S/C44H26N4OS/c1-4-14-27(15-5-1)41-46-42(28-16-6-2-7-17-28)48-43(47-41)33-24-13-21-30-31(33)22-12-23-32(30)35-26-36-39(45-44(49-36)29-18-8-3-9-19-29)38-34-20-10-11-25-37(34)50-40(35)38/h1-26H. The molecule has 0 saturated heterocycles. The van der Waals surface area contributed by atoms with Crippen LogP contribution in [0.2, 0.25) is 0 Å². The summed E-state index contributed by atoms with van der Waals surface area (Å²) in [7, 11) is 0. The highest BCUT2D eigenvalue weighted by Gasteiger charge is 2.21. The molecular weight excluding hydrogens is 633 g/mol. The number of aromatic nitrogens is 4. The van der Waals surface area contributed by atoms with Crippen molar-refractivity contribution in [1.82, 2.24) is 19.9 Å². The average molecular weight is 659 g/mol. The third-order valence-corrected chi connectivity index (χ3v) is 10.4. The molecule has 0 amide bonds. The van der Waals surface area contributed by atoms with Crippen LogP contribution in [-0.2, 0) is 0 Å². The highest BCUT2D eigenvalue weighted by atomic mass is 32.1. The lowest BCUT2D eigenvalue weighted by Crippen LogP contribution is -2.00. The number of hydrogen-bond acceptors (Lipinski definition) is 6. The van der Waals surface area contributed by atoms with E-state index >= 15 is 0 Å². The van der Waals surface area contributed by atoms with Gasteiger partial charge in [0, 0.05) is 48.0 Å². The first-order chi connectivity index (χ1) is 24.8. The van der Waals surface area contributed by atoms with Gasteiger partial charge in [0.25, 0.3) is 0 Å². The minimum atomic E-state index is 0.618. The van der Waals surface area contributed by atoms with Gasteiger partial charge in [-0.15, -0.1) is 11.3 Å². The molecular formula is C44H26N4OS. The van der Waals surface area contributed by atoms with E-state index in [0.717, 1.165) is 60.6 Å². The number of rotatable bonds is 5. The maximum atomic E-state index is 6.52. The monoisotopic (exact) mass is 658 g/mol. The number of nitrogens with zero attached hydrogens (tertiary/aromatic N) is 4. The smallest absolute Gasteiger partial charge is 0.227 e. The topological polar surface area (TPSA) is 64.7 Å². The summed E-state index contributed by atoms with van der Waals surface area (Å²) in [4.78, 5) is 20.1. The number of thiophene rings is 1. The normalized spacial score (nSPS) is 11.6. The Morgan fingerprint density at radius 2 is 0.960 bits per heavy atom. The predicted molar refractivity (Wildman–Crippen MR) is 205 cm³/mol. The Morgan fingerprint density at radius 1 is 0.420 bits per heavy atom. The third-order valence-electron chi connectivity index (χ3n) is 9.18. The Kier molecular flexibility index (Phi) is 6.60. The summed E-state index contributed by atoms with van der Waals surface area (Å²) in [5, 5.41) is 4.47. The summed E-state index contributed by atoms with van der Waals surface area (Å²) in [6.45, 7) is 0. The molecule has 0 spiro atoms. The quantitative estimate of drug-likeness (QED) is 0.184. The molecule has 0 fully saturated rings. The van der Waals surface area contributed by atoms with E-state index in [2.05, 4.69) is 66.7 Å². The fourth-order valence-electron chi connectivity index (χ4n) is 6.85. The second kappa shape index (κ2) is 11.6. The first kappa shape index (κ1) is 28.5. The van der Waals surface area contributed by atoms with Crippen molar-refractivity contribution in [3.63, 3.8) is 0 Å². The predicted octanol–water partition coefficient (Wildman–Crippen LogP) is 11.9. The lowest BCUT2D eigenvalue weighted by atomic mass is 9.94. The third kappa shape index (κ3) is 4.69. The maximum Gasteiger partial charge on any atom is 0.227 e. The largest absolute Gasteiger partial charge is 0.436 e. The van der Waals surface area contributed by atoms with Crippen LogP contribution in [0.4, 0.5) is 0 Å². The minimum Gasteiger partial charge on any atom is -0.436 e. The molecule has 7 aromatic carbocycles. The van der Waals surface area contributed by atoms with E-state index in [1.165, 1.54) is 14.8 Å². The van der Waals surface area contributed by atoms with Crippen molar-refractivity contribution in [1.29, 1.82) is 0 Å². The van der Waals surface area contributed by atoms with Crippen molar-refractivity contribution in [2.45, 2.75) is 0 Å². The summed E-state index contributed by atoms with van der Waals surface area (Å²) in [5.74, 6) is 2.53. The van der Waals surface area contributed by atoms with Gasteiger partial charge >= 0.3 is 0 Å². The number of oxazole rings is 1. The zero-order valence-corrected chi connectivity index (χ0v) is 27.4. The molecule has 0 aliphatic carbocycles. The molecule has 3 heterocycles. The SMILES string of the molecule is c1ccc(-c2nc(-c3ccccc3)nc(-c3cccc4c(-c5cc6oc(-c7ccccc7)nc6c6c5sc5ccccc56)cccc34)n2)cc1. The highest BCUT2D eigenvalue weighted by Crippen LogP contribution is 2.46. The Bertz CT molecular complexity index is 2810. The molecule has 5 nitrogen and oxygen atoms in total. The molecule has 0 saturated carbocycles. The minimum absolute atomic E-state index is 0.618. The van der Waals surface area contributed by atoms with Gasteiger partial charge in [-0.2, -0.15) is 0 Å². The zero-order chi connectivity index (χ0) is 33.0. The van der Waals surface area contributed by atoms with Crippen LogP contribution in [0.1, 0.15) is 0 Å². The van der Waals surface area contributed by atoms with Gasteiger partial charge < -0.3 is 4.42 Å². The first-order valence-corrected chi connectivity index (χ1v) is 17.3. The number of fused-ring (bicyclic) bond motifs is 6. The van der Waals surface area contributed by atoms with E-state index in [0.29, 0.717) is 23.4 Å². The van der Waals surface area contributed by atoms with Crippen LogP contribution in [0.15, 0.2) is 162 Å². The van der Waals surface area contributed by atoms with E-state index in [9.17, 15) is 0 Å². The molecule has 0 aliphatic rings. The molecule has 6 heteroatoms.